The Balaban J connectivity index is 1.73. The van der Waals surface area contributed by atoms with Gasteiger partial charge in [0.2, 0.25) is 0 Å². The summed E-state index contributed by atoms with van der Waals surface area (Å²) in [4.78, 5) is 22.6. The van der Waals surface area contributed by atoms with Crippen LogP contribution in [0.4, 0.5) is 0 Å². The Morgan fingerprint density at radius 1 is 1.14 bits per heavy atom. The molecule has 0 N–H and O–H groups in total. The molecule has 1 saturated carbocycles. The van der Waals surface area contributed by atoms with Gasteiger partial charge in [-0.2, -0.15) is 5.10 Å². The van der Waals surface area contributed by atoms with Crippen molar-refractivity contribution in [3.05, 3.63) is 71.2 Å². The first-order valence-electron chi connectivity index (χ1n) is 9.87. The van der Waals surface area contributed by atoms with Crippen LogP contribution in [0, 0.1) is 13.8 Å². The Morgan fingerprint density at radius 2 is 1.96 bits per heavy atom. The van der Waals surface area contributed by atoms with Gasteiger partial charge in [0.1, 0.15) is 5.49 Å². The largest absolute Gasteiger partial charge is 0.268 e. The summed E-state index contributed by atoms with van der Waals surface area (Å²) in [5.74, 6) is 0.578. The molecule has 0 aromatic carbocycles. The molecular formula is C22H25N5O. The first-order valence-corrected chi connectivity index (χ1v) is 9.87. The van der Waals surface area contributed by atoms with E-state index in [-0.39, 0.29) is 5.91 Å². The van der Waals surface area contributed by atoms with Crippen LogP contribution in [-0.4, -0.2) is 31.3 Å². The fourth-order valence-electron chi connectivity index (χ4n) is 3.72. The number of aryl methyl sites for hydroxylation is 1. The maximum atomic E-state index is 13.3. The molecule has 0 radical (unpaired) electrons. The van der Waals surface area contributed by atoms with Gasteiger partial charge in [-0.05, 0) is 56.5 Å². The molecule has 0 atom stereocenters. The molecule has 4 rings (SSSR count). The number of rotatable bonds is 3. The Bertz CT molecular complexity index is 1040. The van der Waals surface area contributed by atoms with E-state index in [0.29, 0.717) is 17.4 Å². The van der Waals surface area contributed by atoms with Gasteiger partial charge >= 0.3 is 0 Å². The zero-order valence-electron chi connectivity index (χ0n) is 16.4. The van der Waals surface area contributed by atoms with Crippen LogP contribution in [0.2, 0.25) is 0 Å². The molecular weight excluding hydrogens is 350 g/mol. The third kappa shape index (κ3) is 3.67. The molecule has 6 heteroatoms. The summed E-state index contributed by atoms with van der Waals surface area (Å²) in [5, 5.41) is 4.38. The lowest BCUT2D eigenvalue weighted by molar-refractivity contribution is 0.0953. The normalized spacial score (nSPS) is 15.7. The first kappa shape index (κ1) is 18.3. The number of carbonyl (C=O) groups excluding carboxylic acids is 1. The average molecular weight is 375 g/mol. The van der Waals surface area contributed by atoms with Gasteiger partial charge in [-0.3, -0.25) is 14.4 Å². The number of aromatic nitrogens is 4. The summed E-state index contributed by atoms with van der Waals surface area (Å²) in [6.07, 6.45) is 11.0. The Kier molecular flexibility index (Phi) is 5.19. The third-order valence-corrected chi connectivity index (χ3v) is 5.30. The van der Waals surface area contributed by atoms with E-state index in [1.165, 1.54) is 19.3 Å². The van der Waals surface area contributed by atoms with Crippen molar-refractivity contribution in [2.75, 3.05) is 0 Å². The van der Waals surface area contributed by atoms with Gasteiger partial charge in [0.05, 0.1) is 23.5 Å². The SMILES string of the molecule is Cc1ccn(C(=O)c2cnn(-c3ccccn3)c2C)c(=NC2CCCCC2)c1. The van der Waals surface area contributed by atoms with E-state index in [2.05, 4.69) is 10.1 Å². The highest BCUT2D eigenvalue weighted by molar-refractivity contribution is 5.96. The molecule has 1 aliphatic rings. The molecule has 1 aliphatic carbocycles. The van der Waals surface area contributed by atoms with Crippen LogP contribution in [0.5, 0.6) is 0 Å². The van der Waals surface area contributed by atoms with Gasteiger partial charge in [0.15, 0.2) is 5.82 Å². The van der Waals surface area contributed by atoms with Crippen LogP contribution >= 0.6 is 0 Å². The van der Waals surface area contributed by atoms with E-state index in [1.807, 2.05) is 50.4 Å². The topological polar surface area (TPSA) is 65.1 Å². The van der Waals surface area contributed by atoms with Crippen molar-refractivity contribution in [1.82, 2.24) is 19.3 Å². The summed E-state index contributed by atoms with van der Waals surface area (Å²) in [6, 6.07) is 9.86. The summed E-state index contributed by atoms with van der Waals surface area (Å²) >= 11 is 0. The molecule has 0 aliphatic heterocycles. The minimum absolute atomic E-state index is 0.116. The maximum Gasteiger partial charge on any atom is 0.267 e. The van der Waals surface area contributed by atoms with E-state index in [4.69, 9.17) is 4.99 Å². The molecule has 3 aromatic heterocycles. The van der Waals surface area contributed by atoms with Gasteiger partial charge < -0.3 is 0 Å². The van der Waals surface area contributed by atoms with Crippen molar-refractivity contribution in [1.29, 1.82) is 0 Å². The predicted molar refractivity (Wildman–Crippen MR) is 107 cm³/mol. The lowest BCUT2D eigenvalue weighted by atomic mass is 9.96. The van der Waals surface area contributed by atoms with Gasteiger partial charge in [-0.25, -0.2) is 9.67 Å². The van der Waals surface area contributed by atoms with E-state index < -0.39 is 0 Å². The summed E-state index contributed by atoms with van der Waals surface area (Å²) in [6.45, 7) is 3.92. The quantitative estimate of drug-likeness (QED) is 0.702. The van der Waals surface area contributed by atoms with Crippen molar-refractivity contribution >= 4 is 5.91 Å². The lowest BCUT2D eigenvalue weighted by Gasteiger charge is -2.18. The van der Waals surface area contributed by atoms with Crippen LogP contribution in [-0.2, 0) is 0 Å². The Hall–Kier alpha value is -3.02. The number of pyridine rings is 2. The van der Waals surface area contributed by atoms with Gasteiger partial charge in [0, 0.05) is 12.4 Å². The maximum absolute atomic E-state index is 13.3. The van der Waals surface area contributed by atoms with E-state index in [1.54, 1.807) is 21.6 Å². The van der Waals surface area contributed by atoms with Gasteiger partial charge in [-0.1, -0.05) is 25.3 Å². The Labute approximate surface area is 164 Å². The number of carbonyl (C=O) groups is 1. The molecule has 3 heterocycles. The standard InChI is InChI=1S/C22H25N5O/c1-16-11-13-26(21(14-16)25-18-8-4-3-5-9-18)22(28)19-15-24-27(17(19)2)20-10-6-7-12-23-20/h6-7,10-15,18H,3-5,8-9H2,1-2H3. The average Bonchev–Trinajstić information content (AvgIpc) is 3.10. The van der Waals surface area contributed by atoms with Crippen LogP contribution in [0.3, 0.4) is 0 Å². The van der Waals surface area contributed by atoms with Crippen molar-refractivity contribution < 1.29 is 4.79 Å². The fourth-order valence-corrected chi connectivity index (χ4v) is 3.72. The zero-order valence-corrected chi connectivity index (χ0v) is 16.4. The second kappa shape index (κ2) is 7.92. The van der Waals surface area contributed by atoms with Gasteiger partial charge in [0.25, 0.3) is 5.91 Å². The Morgan fingerprint density at radius 3 is 2.71 bits per heavy atom. The van der Waals surface area contributed by atoms with Crippen LogP contribution in [0.15, 0.2) is 53.9 Å². The van der Waals surface area contributed by atoms with Crippen molar-refractivity contribution in [2.45, 2.75) is 52.0 Å². The lowest BCUT2D eigenvalue weighted by Crippen LogP contribution is -2.30. The van der Waals surface area contributed by atoms with Crippen molar-refractivity contribution in [2.24, 2.45) is 4.99 Å². The fraction of sp³-hybridized carbons (Fsp3) is 0.364. The molecule has 28 heavy (non-hydrogen) atoms. The van der Waals surface area contributed by atoms with Crippen molar-refractivity contribution in [3.63, 3.8) is 0 Å². The summed E-state index contributed by atoms with van der Waals surface area (Å²) < 4.78 is 3.34. The second-order valence-corrected chi connectivity index (χ2v) is 7.40. The molecule has 0 amide bonds. The van der Waals surface area contributed by atoms with Crippen LogP contribution in [0.25, 0.3) is 5.82 Å². The zero-order chi connectivity index (χ0) is 19.5. The molecule has 0 spiro atoms. The van der Waals surface area contributed by atoms with E-state index >= 15 is 0 Å². The minimum atomic E-state index is -0.116. The molecule has 0 unspecified atom stereocenters. The summed E-state index contributed by atoms with van der Waals surface area (Å²) in [7, 11) is 0. The molecule has 6 nitrogen and oxygen atoms in total. The van der Waals surface area contributed by atoms with Gasteiger partial charge in [-0.15, -0.1) is 0 Å². The number of hydrogen-bond acceptors (Lipinski definition) is 4. The number of nitrogens with zero attached hydrogens (tertiary/aromatic N) is 5. The smallest absolute Gasteiger partial charge is 0.267 e. The predicted octanol–water partition coefficient (Wildman–Crippen LogP) is 3.61. The number of hydrogen-bond donors (Lipinski definition) is 0. The third-order valence-electron chi connectivity index (χ3n) is 5.30. The molecule has 1 fully saturated rings. The molecule has 0 saturated heterocycles. The van der Waals surface area contributed by atoms with E-state index in [0.717, 1.165) is 29.6 Å². The monoisotopic (exact) mass is 375 g/mol. The molecule has 144 valence electrons. The minimum Gasteiger partial charge on any atom is -0.268 e. The first-order chi connectivity index (χ1) is 13.6. The van der Waals surface area contributed by atoms with Crippen LogP contribution < -0.4 is 5.49 Å². The highest BCUT2D eigenvalue weighted by Crippen LogP contribution is 2.20. The summed E-state index contributed by atoms with van der Waals surface area (Å²) in [5.41, 5.74) is 3.14. The molecule has 0 bridgehead atoms. The highest BCUT2D eigenvalue weighted by atomic mass is 16.2. The molecule has 3 aromatic rings. The van der Waals surface area contributed by atoms with Crippen LogP contribution in [0.1, 0.15) is 53.7 Å². The second-order valence-electron chi connectivity index (χ2n) is 7.40. The van der Waals surface area contributed by atoms with Crippen molar-refractivity contribution in [3.8, 4) is 5.82 Å². The van der Waals surface area contributed by atoms with E-state index in [9.17, 15) is 4.79 Å². The highest BCUT2D eigenvalue weighted by Gasteiger charge is 2.18.